The van der Waals surface area contributed by atoms with Crippen molar-refractivity contribution in [2.75, 3.05) is 17.6 Å². The molecule has 1 aromatic carbocycles. The third-order valence-electron chi connectivity index (χ3n) is 2.42. The van der Waals surface area contributed by atoms with Gasteiger partial charge >= 0.3 is 0 Å². The van der Waals surface area contributed by atoms with Crippen LogP contribution in [0.4, 0.5) is 0 Å². The monoisotopic (exact) mass is 319 g/mol. The molecule has 1 N–H and O–H groups in total. The number of sulfonamides is 1. The van der Waals surface area contributed by atoms with E-state index in [9.17, 15) is 8.42 Å². The van der Waals surface area contributed by atoms with Gasteiger partial charge in [0, 0.05) is 11.9 Å². The highest BCUT2D eigenvalue weighted by molar-refractivity contribution is 9.09. The molecular formula is C12H18BrNO2S. The summed E-state index contributed by atoms with van der Waals surface area (Å²) in [6.07, 6.45) is 0.554. The minimum atomic E-state index is -3.16. The number of hydrogen-bond donors (Lipinski definition) is 1. The van der Waals surface area contributed by atoms with Crippen molar-refractivity contribution in [3.63, 3.8) is 0 Å². The molecule has 0 aliphatic rings. The summed E-state index contributed by atoms with van der Waals surface area (Å²) in [6, 6.07) is 9.64. The molecule has 0 heterocycles. The molecular weight excluding hydrogens is 302 g/mol. The fourth-order valence-electron chi connectivity index (χ4n) is 1.29. The van der Waals surface area contributed by atoms with Gasteiger partial charge in [-0.15, -0.1) is 0 Å². The summed E-state index contributed by atoms with van der Waals surface area (Å²) >= 11 is 3.32. The molecule has 96 valence electrons. The van der Waals surface area contributed by atoms with Crippen molar-refractivity contribution in [1.29, 1.82) is 0 Å². The number of alkyl halides is 1. The third kappa shape index (κ3) is 6.19. The molecule has 0 aliphatic heterocycles. The van der Waals surface area contributed by atoms with Crippen LogP contribution in [0, 0.1) is 5.92 Å². The van der Waals surface area contributed by atoms with Crippen LogP contribution in [-0.2, 0) is 16.4 Å². The molecule has 0 saturated carbocycles. The van der Waals surface area contributed by atoms with Gasteiger partial charge in [0.05, 0.1) is 5.75 Å². The van der Waals surface area contributed by atoms with E-state index in [0.717, 1.165) is 10.9 Å². The van der Waals surface area contributed by atoms with Crippen LogP contribution in [0.2, 0.25) is 0 Å². The lowest BCUT2D eigenvalue weighted by atomic mass is 10.2. The van der Waals surface area contributed by atoms with Gasteiger partial charge in [-0.1, -0.05) is 53.2 Å². The van der Waals surface area contributed by atoms with Crippen LogP contribution >= 0.6 is 15.9 Å². The standard InChI is InChI=1S/C12H18BrNO2S/c1-11(9-13)10-14-17(15,16)8-7-12-5-3-2-4-6-12/h2-6,11,14H,7-10H2,1H3. The van der Waals surface area contributed by atoms with Crippen LogP contribution in [0.15, 0.2) is 30.3 Å². The van der Waals surface area contributed by atoms with Crippen molar-refractivity contribution in [1.82, 2.24) is 4.72 Å². The lowest BCUT2D eigenvalue weighted by molar-refractivity contribution is 0.563. The second-order valence-electron chi connectivity index (χ2n) is 4.16. The fourth-order valence-corrected chi connectivity index (χ4v) is 2.71. The molecule has 0 bridgehead atoms. The van der Waals surface area contributed by atoms with Gasteiger partial charge in [0.25, 0.3) is 0 Å². The van der Waals surface area contributed by atoms with Crippen LogP contribution in [0.25, 0.3) is 0 Å². The largest absolute Gasteiger partial charge is 0.215 e. The molecule has 0 amide bonds. The van der Waals surface area contributed by atoms with E-state index in [0.29, 0.717) is 18.9 Å². The maximum atomic E-state index is 11.7. The van der Waals surface area contributed by atoms with Crippen molar-refractivity contribution in [3.05, 3.63) is 35.9 Å². The van der Waals surface area contributed by atoms with Gasteiger partial charge in [0.2, 0.25) is 10.0 Å². The maximum absolute atomic E-state index is 11.7. The first-order chi connectivity index (χ1) is 8.03. The zero-order valence-electron chi connectivity index (χ0n) is 9.90. The highest BCUT2D eigenvalue weighted by Crippen LogP contribution is 2.03. The maximum Gasteiger partial charge on any atom is 0.211 e. The third-order valence-corrected chi connectivity index (χ3v) is 4.87. The van der Waals surface area contributed by atoms with Crippen molar-refractivity contribution in [2.24, 2.45) is 5.92 Å². The smallest absolute Gasteiger partial charge is 0.211 e. The highest BCUT2D eigenvalue weighted by Gasteiger charge is 2.11. The van der Waals surface area contributed by atoms with Crippen molar-refractivity contribution in [2.45, 2.75) is 13.3 Å². The summed E-state index contributed by atoms with van der Waals surface area (Å²) in [5, 5.41) is 0.800. The first-order valence-electron chi connectivity index (χ1n) is 5.61. The summed E-state index contributed by atoms with van der Waals surface area (Å²) < 4.78 is 26.0. The lowest BCUT2D eigenvalue weighted by Crippen LogP contribution is -2.31. The van der Waals surface area contributed by atoms with Gasteiger partial charge in [-0.25, -0.2) is 13.1 Å². The van der Waals surface area contributed by atoms with Crippen LogP contribution in [-0.4, -0.2) is 26.0 Å². The van der Waals surface area contributed by atoms with Gasteiger partial charge in [0.15, 0.2) is 0 Å². The van der Waals surface area contributed by atoms with Crippen LogP contribution in [0.5, 0.6) is 0 Å². The van der Waals surface area contributed by atoms with Gasteiger partial charge in [0.1, 0.15) is 0 Å². The fraction of sp³-hybridized carbons (Fsp3) is 0.500. The van der Waals surface area contributed by atoms with Gasteiger partial charge < -0.3 is 0 Å². The summed E-state index contributed by atoms with van der Waals surface area (Å²) in [7, 11) is -3.16. The van der Waals surface area contributed by atoms with E-state index in [1.165, 1.54) is 0 Å². The minimum absolute atomic E-state index is 0.145. The molecule has 1 aromatic rings. The Hall–Kier alpha value is -0.390. The van der Waals surface area contributed by atoms with Gasteiger partial charge in [-0.05, 0) is 17.9 Å². The number of benzene rings is 1. The topological polar surface area (TPSA) is 46.2 Å². The lowest BCUT2D eigenvalue weighted by Gasteiger charge is -2.10. The molecule has 0 radical (unpaired) electrons. The Balaban J connectivity index is 2.40. The SMILES string of the molecule is CC(CBr)CNS(=O)(=O)CCc1ccccc1. The highest BCUT2D eigenvalue weighted by atomic mass is 79.9. The Morgan fingerprint density at radius 1 is 1.29 bits per heavy atom. The molecule has 1 rings (SSSR count). The number of rotatable bonds is 7. The van der Waals surface area contributed by atoms with E-state index in [1.54, 1.807) is 0 Å². The van der Waals surface area contributed by atoms with Crippen LogP contribution in [0.3, 0.4) is 0 Å². The molecule has 0 spiro atoms. The van der Waals surface area contributed by atoms with Crippen LogP contribution < -0.4 is 4.72 Å². The van der Waals surface area contributed by atoms with E-state index in [2.05, 4.69) is 20.7 Å². The molecule has 0 aliphatic carbocycles. The number of nitrogens with one attached hydrogen (secondary N) is 1. The average molecular weight is 320 g/mol. The van der Waals surface area contributed by atoms with Gasteiger partial charge in [-0.3, -0.25) is 0 Å². The Labute approximate surface area is 112 Å². The Bertz CT molecular complexity index is 419. The zero-order valence-corrected chi connectivity index (χ0v) is 12.3. The molecule has 0 aromatic heterocycles. The number of hydrogen-bond acceptors (Lipinski definition) is 2. The predicted molar refractivity (Wildman–Crippen MR) is 74.9 cm³/mol. The average Bonchev–Trinajstić information content (AvgIpc) is 2.35. The molecule has 5 heteroatoms. The molecule has 17 heavy (non-hydrogen) atoms. The Morgan fingerprint density at radius 3 is 2.53 bits per heavy atom. The molecule has 0 saturated heterocycles. The van der Waals surface area contributed by atoms with E-state index in [4.69, 9.17) is 0 Å². The van der Waals surface area contributed by atoms with Gasteiger partial charge in [-0.2, -0.15) is 0 Å². The van der Waals surface area contributed by atoms with E-state index in [-0.39, 0.29) is 5.75 Å². The van der Waals surface area contributed by atoms with Crippen molar-refractivity contribution in [3.8, 4) is 0 Å². The van der Waals surface area contributed by atoms with Crippen molar-refractivity contribution >= 4 is 26.0 Å². The molecule has 1 unspecified atom stereocenters. The van der Waals surface area contributed by atoms with E-state index >= 15 is 0 Å². The predicted octanol–water partition coefficient (Wildman–Crippen LogP) is 2.18. The second-order valence-corrected chi connectivity index (χ2v) is 6.74. The minimum Gasteiger partial charge on any atom is -0.215 e. The normalized spacial score (nSPS) is 13.5. The Morgan fingerprint density at radius 2 is 1.94 bits per heavy atom. The molecule has 0 fully saturated rings. The molecule has 3 nitrogen and oxygen atoms in total. The van der Waals surface area contributed by atoms with Crippen LogP contribution in [0.1, 0.15) is 12.5 Å². The summed E-state index contributed by atoms with van der Waals surface area (Å²) in [4.78, 5) is 0. The van der Waals surface area contributed by atoms with Crippen molar-refractivity contribution < 1.29 is 8.42 Å². The quantitative estimate of drug-likeness (QED) is 0.783. The first-order valence-corrected chi connectivity index (χ1v) is 8.38. The van der Waals surface area contributed by atoms with E-state index < -0.39 is 10.0 Å². The second kappa shape index (κ2) is 7.13. The summed E-state index contributed by atoms with van der Waals surface area (Å²) in [6.45, 7) is 2.48. The number of aryl methyl sites for hydroxylation is 1. The summed E-state index contributed by atoms with van der Waals surface area (Å²) in [5.74, 6) is 0.452. The zero-order chi connectivity index (χ0) is 12.7. The Kier molecular flexibility index (Phi) is 6.16. The summed E-state index contributed by atoms with van der Waals surface area (Å²) in [5.41, 5.74) is 1.05. The first kappa shape index (κ1) is 14.7. The number of halogens is 1. The van der Waals surface area contributed by atoms with E-state index in [1.807, 2.05) is 37.3 Å². The molecule has 1 atom stereocenters.